The summed E-state index contributed by atoms with van der Waals surface area (Å²) in [6.07, 6.45) is 6.46. The van der Waals surface area contributed by atoms with Crippen molar-refractivity contribution in [3.05, 3.63) is 84.4 Å². The van der Waals surface area contributed by atoms with Crippen molar-refractivity contribution in [2.45, 2.75) is 39.0 Å². The minimum absolute atomic E-state index is 1.19. The van der Waals surface area contributed by atoms with Crippen LogP contribution in [0.25, 0.3) is 60.9 Å². The lowest BCUT2D eigenvalue weighted by Crippen LogP contribution is -1.86. The first-order chi connectivity index (χ1) is 17.3. The number of fused-ring (bicyclic) bond motifs is 7. The number of aryl methyl sites for hydroxylation is 1. The van der Waals surface area contributed by atoms with Crippen LogP contribution in [-0.2, 0) is 6.42 Å². The summed E-state index contributed by atoms with van der Waals surface area (Å²) in [5.41, 5.74) is 2.80. The highest BCUT2D eigenvalue weighted by Gasteiger charge is 2.15. The van der Waals surface area contributed by atoms with Gasteiger partial charge in [-0.25, -0.2) is 0 Å². The molecule has 3 heteroatoms. The maximum absolute atomic E-state index is 2.45. The van der Waals surface area contributed by atoms with E-state index in [1.165, 1.54) is 98.5 Å². The largest absolute Gasteiger partial charge is 0.135 e. The van der Waals surface area contributed by atoms with Crippen LogP contribution >= 0.6 is 34.0 Å². The molecule has 0 bridgehead atoms. The molecule has 7 aromatic rings. The zero-order valence-corrected chi connectivity index (χ0v) is 22.2. The lowest BCUT2D eigenvalue weighted by atomic mass is 10.0. The highest BCUT2D eigenvalue weighted by Crippen LogP contribution is 2.46. The Morgan fingerprint density at radius 3 is 2.31 bits per heavy atom. The molecule has 0 atom stereocenters. The number of benzene rings is 4. The van der Waals surface area contributed by atoms with E-state index in [-0.39, 0.29) is 0 Å². The first-order valence-electron chi connectivity index (χ1n) is 12.6. The third-order valence-electron chi connectivity index (χ3n) is 7.13. The molecule has 0 saturated carbocycles. The standard InChI is InChI=1S/C32H26S3/c1-2-3-4-5-8-20-11-12-21-18-30-26(17-24(21)15-20)32-31(35-30)25-16-23(13-14-28(25)34-32)29-19-22-9-6-7-10-27(22)33-29/h6-7,9-19H,2-5,8H2,1H3. The van der Waals surface area contributed by atoms with Crippen molar-refractivity contribution in [2.24, 2.45) is 0 Å². The van der Waals surface area contributed by atoms with Crippen LogP contribution in [0.3, 0.4) is 0 Å². The van der Waals surface area contributed by atoms with E-state index in [9.17, 15) is 0 Å². The molecular weight excluding hydrogens is 481 g/mol. The van der Waals surface area contributed by atoms with E-state index >= 15 is 0 Å². The summed E-state index contributed by atoms with van der Waals surface area (Å²) in [5, 5.41) is 6.90. The highest BCUT2D eigenvalue weighted by molar-refractivity contribution is 7.36. The van der Waals surface area contributed by atoms with Crippen molar-refractivity contribution in [3.8, 4) is 10.4 Å². The second-order valence-corrected chi connectivity index (χ2v) is 12.8. The van der Waals surface area contributed by atoms with Crippen LogP contribution in [0.5, 0.6) is 0 Å². The molecule has 3 heterocycles. The zero-order valence-electron chi connectivity index (χ0n) is 19.8. The van der Waals surface area contributed by atoms with Gasteiger partial charge in [-0.05, 0) is 76.5 Å². The topological polar surface area (TPSA) is 0 Å². The normalized spacial score (nSPS) is 12.1. The Kier molecular flexibility index (Phi) is 5.38. The Balaban J connectivity index is 1.32. The van der Waals surface area contributed by atoms with Gasteiger partial charge in [-0.3, -0.25) is 0 Å². The SMILES string of the molecule is CCCCCCc1ccc2cc3sc4c5cc(-c6cc7ccccc7s6)ccc5sc4c3cc2c1. The van der Waals surface area contributed by atoms with Crippen molar-refractivity contribution >= 4 is 84.4 Å². The fourth-order valence-corrected chi connectivity index (χ4v) is 8.95. The number of hydrogen-bond acceptors (Lipinski definition) is 3. The van der Waals surface area contributed by atoms with Gasteiger partial charge in [-0.15, -0.1) is 34.0 Å². The lowest BCUT2D eigenvalue weighted by Gasteiger charge is -2.05. The van der Waals surface area contributed by atoms with Crippen LogP contribution in [0.4, 0.5) is 0 Å². The van der Waals surface area contributed by atoms with Gasteiger partial charge in [0.05, 0.1) is 9.40 Å². The molecule has 0 radical (unpaired) electrons. The van der Waals surface area contributed by atoms with Gasteiger partial charge in [0.25, 0.3) is 0 Å². The van der Waals surface area contributed by atoms with Crippen LogP contribution in [-0.4, -0.2) is 0 Å². The maximum Gasteiger partial charge on any atom is 0.0542 e. The van der Waals surface area contributed by atoms with Gasteiger partial charge in [0.2, 0.25) is 0 Å². The lowest BCUT2D eigenvalue weighted by molar-refractivity contribution is 0.667. The Hall–Kier alpha value is -2.72. The summed E-state index contributed by atoms with van der Waals surface area (Å²) < 4.78 is 7.05. The molecule has 3 aromatic heterocycles. The molecule has 0 N–H and O–H groups in total. The van der Waals surface area contributed by atoms with Crippen LogP contribution in [0, 0.1) is 0 Å². The number of thiophene rings is 3. The minimum atomic E-state index is 1.19. The molecule has 0 aliphatic rings. The monoisotopic (exact) mass is 506 g/mol. The molecule has 7 rings (SSSR count). The molecule has 0 saturated heterocycles. The fraction of sp³-hybridized carbons (Fsp3) is 0.188. The van der Waals surface area contributed by atoms with Crippen molar-refractivity contribution in [1.29, 1.82) is 0 Å². The zero-order chi connectivity index (χ0) is 23.4. The molecule has 0 unspecified atom stereocenters. The smallest absolute Gasteiger partial charge is 0.0542 e. The molecule has 0 aliphatic carbocycles. The van der Waals surface area contributed by atoms with Crippen molar-refractivity contribution in [2.75, 3.05) is 0 Å². The molecule has 35 heavy (non-hydrogen) atoms. The highest BCUT2D eigenvalue weighted by atomic mass is 32.1. The summed E-state index contributed by atoms with van der Waals surface area (Å²) in [4.78, 5) is 1.35. The fourth-order valence-electron chi connectivity index (χ4n) is 5.24. The van der Waals surface area contributed by atoms with Crippen LogP contribution in [0.1, 0.15) is 38.2 Å². The predicted molar refractivity (Wildman–Crippen MR) is 161 cm³/mol. The molecule has 0 spiro atoms. The maximum atomic E-state index is 2.45. The van der Waals surface area contributed by atoms with E-state index in [2.05, 4.69) is 85.8 Å². The van der Waals surface area contributed by atoms with Crippen molar-refractivity contribution in [1.82, 2.24) is 0 Å². The third-order valence-corrected chi connectivity index (χ3v) is 10.8. The van der Waals surface area contributed by atoms with Gasteiger partial charge < -0.3 is 0 Å². The van der Waals surface area contributed by atoms with Gasteiger partial charge in [-0.1, -0.05) is 68.7 Å². The van der Waals surface area contributed by atoms with E-state index in [1.807, 2.05) is 34.0 Å². The molecule has 0 amide bonds. The first kappa shape index (κ1) is 21.6. The van der Waals surface area contributed by atoms with Gasteiger partial charge in [0.1, 0.15) is 0 Å². The molecular formula is C32H26S3. The third kappa shape index (κ3) is 3.78. The summed E-state index contributed by atoms with van der Waals surface area (Å²) >= 11 is 5.80. The Morgan fingerprint density at radius 1 is 0.571 bits per heavy atom. The average Bonchev–Trinajstić information content (AvgIpc) is 3.57. The van der Waals surface area contributed by atoms with Gasteiger partial charge >= 0.3 is 0 Å². The Labute approximate surface area is 217 Å². The molecule has 4 aromatic carbocycles. The summed E-state index contributed by atoms with van der Waals surface area (Å²) in [5.74, 6) is 0. The van der Waals surface area contributed by atoms with Crippen molar-refractivity contribution < 1.29 is 0 Å². The number of hydrogen-bond donors (Lipinski definition) is 0. The molecule has 0 aliphatic heterocycles. The van der Waals surface area contributed by atoms with Crippen LogP contribution < -0.4 is 0 Å². The molecule has 0 nitrogen and oxygen atoms in total. The van der Waals surface area contributed by atoms with E-state index in [1.54, 1.807) is 0 Å². The second-order valence-electron chi connectivity index (χ2n) is 9.56. The predicted octanol–water partition coefficient (Wildman–Crippen LogP) is 11.4. The summed E-state index contributed by atoms with van der Waals surface area (Å²) in [6, 6.07) is 30.0. The quantitative estimate of drug-likeness (QED) is 0.197. The minimum Gasteiger partial charge on any atom is -0.135 e. The van der Waals surface area contributed by atoms with E-state index in [0.717, 1.165) is 0 Å². The van der Waals surface area contributed by atoms with Gasteiger partial charge in [-0.2, -0.15) is 0 Å². The Bertz CT molecular complexity index is 1810. The molecule has 172 valence electrons. The van der Waals surface area contributed by atoms with Crippen molar-refractivity contribution in [3.63, 3.8) is 0 Å². The van der Waals surface area contributed by atoms with Gasteiger partial charge in [0, 0.05) is 29.7 Å². The first-order valence-corrected chi connectivity index (χ1v) is 15.0. The van der Waals surface area contributed by atoms with E-state index in [4.69, 9.17) is 0 Å². The molecule has 0 fully saturated rings. The van der Waals surface area contributed by atoms with E-state index < -0.39 is 0 Å². The van der Waals surface area contributed by atoms with Gasteiger partial charge in [0.15, 0.2) is 0 Å². The summed E-state index contributed by atoms with van der Waals surface area (Å²) in [7, 11) is 0. The summed E-state index contributed by atoms with van der Waals surface area (Å²) in [6.45, 7) is 2.28. The second kappa shape index (κ2) is 8.74. The Morgan fingerprint density at radius 2 is 1.43 bits per heavy atom. The number of unbranched alkanes of at least 4 members (excludes halogenated alkanes) is 3. The average molecular weight is 507 g/mol. The van der Waals surface area contributed by atoms with E-state index in [0.29, 0.717) is 0 Å². The van der Waals surface area contributed by atoms with Crippen LogP contribution in [0.2, 0.25) is 0 Å². The van der Waals surface area contributed by atoms with Crippen LogP contribution in [0.15, 0.2) is 78.9 Å². The number of rotatable bonds is 6.